The summed E-state index contributed by atoms with van der Waals surface area (Å²) in [5, 5.41) is 40.7. The average molecular weight is 1960 g/mol. The molecule has 698 valence electrons. The van der Waals surface area contributed by atoms with E-state index in [0.717, 1.165) is 248 Å². The van der Waals surface area contributed by atoms with Gasteiger partial charge in [-0.15, -0.1) is 54.0 Å². The fourth-order valence-corrected chi connectivity index (χ4v) is 24.0. The molecule has 8 aliphatic heterocycles. The fourth-order valence-electron chi connectivity index (χ4n) is 19.7. The van der Waals surface area contributed by atoms with Gasteiger partial charge in [0.05, 0.1) is 34.1 Å². The SMILES string of the molecule is Cc1ccoc1-c1nnc(SCCCN2CC3CCN(c4ccc(OC(F)(F)F)cc4)C3C2)n1C.Cc1ncoc1-c1nnc(SCCCN2CC3CCN(c4c(F)cccc4F)C3C2)n1C.Cc1ncoc1-c1nnc(SCCCN2CC3CCN(c4cc(Cl)cc(Cl)c4)C3C2)n1C.Cc1ncoc1-c1nnc(SCCCN2CC3CCN(c4ccc(Cl)cc4Cl)C3C2)n1C. The van der Waals surface area contributed by atoms with Crippen molar-refractivity contribution in [1.82, 2.24) is 93.6 Å². The molecule has 0 amide bonds. The summed E-state index contributed by atoms with van der Waals surface area (Å²) in [6.45, 7) is 24.0. The first-order chi connectivity index (χ1) is 63.3. The highest BCUT2D eigenvalue weighted by Gasteiger charge is 2.46. The Morgan fingerprint density at radius 2 is 0.779 bits per heavy atom. The van der Waals surface area contributed by atoms with Crippen LogP contribution in [0.1, 0.15) is 74.0 Å². The molecule has 0 radical (unpaired) electrons. The van der Waals surface area contributed by atoms with Crippen LogP contribution in [0.2, 0.25) is 20.1 Å². The summed E-state index contributed by atoms with van der Waals surface area (Å²) in [5.41, 5.74) is 6.83. The number of hydrogen-bond acceptors (Lipinski definition) is 28. The minimum absolute atomic E-state index is 0.137. The molecule has 20 rings (SSSR count). The molecular formula is C90H106Cl4F5N23O5S4. The zero-order chi connectivity index (χ0) is 91.3. The second-order valence-corrected chi connectivity index (χ2v) is 40.6. The van der Waals surface area contributed by atoms with Crippen LogP contribution in [0, 0.1) is 63.0 Å². The van der Waals surface area contributed by atoms with E-state index in [2.05, 4.69) is 101 Å². The summed E-state index contributed by atoms with van der Waals surface area (Å²) in [6.07, 6.45) is 10.1. The molecule has 8 unspecified atom stereocenters. The first kappa shape index (κ1) is 94.2. The van der Waals surface area contributed by atoms with Gasteiger partial charge >= 0.3 is 6.36 Å². The maximum Gasteiger partial charge on any atom is 0.573 e. The van der Waals surface area contributed by atoms with E-state index in [1.807, 2.05) is 109 Å². The summed E-state index contributed by atoms with van der Waals surface area (Å²) in [4.78, 5) is 31.7. The van der Waals surface area contributed by atoms with E-state index in [4.69, 9.17) is 64.1 Å². The summed E-state index contributed by atoms with van der Waals surface area (Å²) < 4.78 is 99.6. The van der Waals surface area contributed by atoms with Crippen molar-refractivity contribution in [3.05, 3.63) is 165 Å². The van der Waals surface area contributed by atoms with Crippen LogP contribution in [0.3, 0.4) is 0 Å². The predicted octanol–water partition coefficient (Wildman–Crippen LogP) is 18.3. The number of aromatic nitrogens is 15. The number of anilines is 4. The van der Waals surface area contributed by atoms with Gasteiger partial charge in [-0.05, 0) is 213 Å². The third kappa shape index (κ3) is 21.9. The molecule has 8 aromatic heterocycles. The van der Waals surface area contributed by atoms with E-state index in [0.29, 0.717) is 80.0 Å². The molecule has 8 saturated heterocycles. The molecule has 0 N–H and O–H groups in total. The van der Waals surface area contributed by atoms with Crippen molar-refractivity contribution < 1.29 is 44.4 Å². The van der Waals surface area contributed by atoms with Crippen LogP contribution in [0.15, 0.2) is 149 Å². The number of para-hydroxylation sites is 1. The van der Waals surface area contributed by atoms with Crippen LogP contribution >= 0.6 is 93.5 Å². The fraction of sp³-hybridized carbons (Fsp3) is 0.500. The number of aryl methyl sites for hydroxylation is 4. The zero-order valence-corrected chi connectivity index (χ0v) is 80.5. The minimum Gasteiger partial charge on any atom is -0.461 e. The number of rotatable bonds is 29. The van der Waals surface area contributed by atoms with Crippen LogP contribution < -0.4 is 24.3 Å². The molecule has 8 fully saturated rings. The van der Waals surface area contributed by atoms with Gasteiger partial charge < -0.3 is 79.9 Å². The van der Waals surface area contributed by atoms with Crippen molar-refractivity contribution in [2.75, 3.05) is 147 Å². The minimum atomic E-state index is -4.67. The molecular weight excluding hydrogens is 1850 g/mol. The Morgan fingerprint density at radius 1 is 0.405 bits per heavy atom. The number of nitrogens with zero attached hydrogens (tertiary/aromatic N) is 23. The van der Waals surface area contributed by atoms with Gasteiger partial charge in [-0.25, -0.2) is 23.7 Å². The maximum atomic E-state index is 14.3. The molecule has 41 heteroatoms. The molecule has 4 aromatic carbocycles. The van der Waals surface area contributed by atoms with E-state index in [1.54, 1.807) is 71.5 Å². The Bertz CT molecular complexity index is 5810. The molecule has 0 spiro atoms. The van der Waals surface area contributed by atoms with E-state index >= 15 is 0 Å². The lowest BCUT2D eigenvalue weighted by molar-refractivity contribution is -0.274. The Balaban J connectivity index is 0.000000122. The van der Waals surface area contributed by atoms with Gasteiger partial charge in [0.1, 0.15) is 23.1 Å². The van der Waals surface area contributed by atoms with Crippen molar-refractivity contribution in [1.29, 1.82) is 0 Å². The predicted molar refractivity (Wildman–Crippen MR) is 504 cm³/mol. The first-order valence-electron chi connectivity index (χ1n) is 44.3. The van der Waals surface area contributed by atoms with E-state index in [-0.39, 0.29) is 17.5 Å². The van der Waals surface area contributed by atoms with Gasteiger partial charge in [0.2, 0.25) is 17.5 Å². The van der Waals surface area contributed by atoms with Crippen molar-refractivity contribution in [3.8, 4) is 52.1 Å². The molecule has 8 aliphatic rings. The summed E-state index contributed by atoms with van der Waals surface area (Å²) in [5.74, 6) is 10.8. The normalized spacial score (nSPS) is 20.8. The highest BCUT2D eigenvalue weighted by Crippen LogP contribution is 2.44. The summed E-state index contributed by atoms with van der Waals surface area (Å²) in [6, 6.07) is 25.6. The Kier molecular flexibility index (Phi) is 30.3. The molecule has 0 saturated carbocycles. The lowest BCUT2D eigenvalue weighted by Crippen LogP contribution is -2.36. The molecule has 0 aliphatic carbocycles. The van der Waals surface area contributed by atoms with Crippen molar-refractivity contribution >= 4 is 116 Å². The number of benzene rings is 4. The second kappa shape index (κ2) is 42.1. The largest absolute Gasteiger partial charge is 0.573 e. The van der Waals surface area contributed by atoms with Gasteiger partial charge in [-0.1, -0.05) is 99.5 Å². The molecule has 0 bridgehead atoms. The van der Waals surface area contributed by atoms with Gasteiger partial charge in [0, 0.05) is 180 Å². The number of hydrogen-bond donors (Lipinski definition) is 0. The number of thioether (sulfide) groups is 4. The summed E-state index contributed by atoms with van der Waals surface area (Å²) in [7, 11) is 7.82. The number of oxazole rings is 3. The molecule has 131 heavy (non-hydrogen) atoms. The monoisotopic (exact) mass is 1950 g/mol. The topological polar surface area (TPSA) is 249 Å². The van der Waals surface area contributed by atoms with Crippen LogP contribution in [-0.2, 0) is 28.2 Å². The number of halogens is 9. The molecule has 28 nitrogen and oxygen atoms in total. The lowest BCUT2D eigenvalue weighted by Gasteiger charge is -2.28. The quantitative estimate of drug-likeness (QED) is 0.0240. The lowest BCUT2D eigenvalue weighted by atomic mass is 10.0. The third-order valence-corrected chi connectivity index (χ3v) is 31.6. The van der Waals surface area contributed by atoms with E-state index < -0.39 is 18.0 Å². The Hall–Kier alpha value is -8.60. The molecule has 16 heterocycles. The Morgan fingerprint density at radius 3 is 1.15 bits per heavy atom. The molecule has 12 aromatic rings. The second-order valence-electron chi connectivity index (χ2n) is 34.6. The van der Waals surface area contributed by atoms with Crippen LogP contribution in [0.25, 0.3) is 46.3 Å². The van der Waals surface area contributed by atoms with Crippen molar-refractivity contribution in [2.24, 2.45) is 51.9 Å². The molecule has 8 atom stereocenters. The van der Waals surface area contributed by atoms with Crippen LogP contribution in [0.5, 0.6) is 5.75 Å². The number of fused-ring (bicyclic) bond motifs is 4. The number of furan rings is 1. The maximum absolute atomic E-state index is 14.3. The van der Waals surface area contributed by atoms with Gasteiger partial charge in [-0.2, -0.15) is 0 Å². The number of likely N-dealkylation sites (tertiary alicyclic amines) is 4. The van der Waals surface area contributed by atoms with Crippen molar-refractivity contribution in [3.63, 3.8) is 0 Å². The van der Waals surface area contributed by atoms with Crippen LogP contribution in [-0.4, -0.2) is 252 Å². The van der Waals surface area contributed by atoms with Crippen LogP contribution in [0.4, 0.5) is 44.7 Å². The first-order valence-corrected chi connectivity index (χ1v) is 49.8. The van der Waals surface area contributed by atoms with E-state index in [9.17, 15) is 22.0 Å². The smallest absolute Gasteiger partial charge is 0.461 e. The third-order valence-electron chi connectivity index (χ3n) is 26.2. The average Bonchev–Trinajstić information content (AvgIpc) is 1.65. The Labute approximate surface area is 794 Å². The number of alkyl halides is 3. The van der Waals surface area contributed by atoms with Gasteiger partial charge in [-0.3, -0.25) is 0 Å². The number of ether oxygens (including phenoxy) is 1. The summed E-state index contributed by atoms with van der Waals surface area (Å²) >= 11 is 31.9. The highest BCUT2D eigenvalue weighted by atomic mass is 35.5. The van der Waals surface area contributed by atoms with Gasteiger partial charge in [0.15, 0.2) is 68.7 Å². The van der Waals surface area contributed by atoms with Crippen molar-refractivity contribution in [2.45, 2.75) is 130 Å². The highest BCUT2D eigenvalue weighted by molar-refractivity contribution is 7.99. The van der Waals surface area contributed by atoms with Gasteiger partial charge in [0.25, 0.3) is 0 Å². The zero-order valence-electron chi connectivity index (χ0n) is 74.2. The van der Waals surface area contributed by atoms with E-state index in [1.165, 1.54) is 68.9 Å². The standard InChI is InChI=1S/C24H28F3N5O2S.2C22H26Cl2N6OS.C22H26F2N6OS/c1-16-9-12-33-21(16)22-28-29-23(30(22)2)35-13-3-10-31-14-17-8-11-32(20(17)15-31)18-4-6-19(7-5-18)34-24(25,26)27;1-14-20(31-13-25-14)21-26-27-22(28(21)2)32-9-3-7-29-11-15-6-8-30(19(15)12-29)18-5-4-16(23)10-17(18)24;1-14-20(31-13-25-14)21-26-27-22(28(21)2)32-7-3-5-29-11-15-4-6-30(19(15)12-29)18-9-16(23)8-17(24)10-18;1-14-20(31-13-25-14)21-26-27-22(28(21)2)32-10-4-8-29-11-15-7-9-30(18(15)12-29)19-16(23)5-3-6-17(19)24/h4-7,9,12,17,20H,3,8,10-11,13-15H2,1-2H3;4-5,10,13,15,19H,3,6-9,11-12H2,1-2H3;8-10,13,15,19H,3-7,11-12H2,1-2H3;3,5-6,13,15,18H,4,7-12H2,1-2H3.